The molecule has 0 fully saturated rings. The second-order valence-corrected chi connectivity index (χ2v) is 13.7. The van der Waals surface area contributed by atoms with Gasteiger partial charge in [-0.3, -0.25) is 0 Å². The summed E-state index contributed by atoms with van der Waals surface area (Å²) in [6, 6.07) is 7.43. The minimum atomic E-state index is -3.66. The third-order valence-corrected chi connectivity index (χ3v) is 10.2. The third kappa shape index (κ3) is 19.3. The summed E-state index contributed by atoms with van der Waals surface area (Å²) in [7, 11) is -3.63. The van der Waals surface area contributed by atoms with Crippen LogP contribution in [0.4, 0.5) is 0 Å². The van der Waals surface area contributed by atoms with Crippen molar-refractivity contribution in [1.29, 1.82) is 0 Å². The average Bonchev–Trinajstić information content (AvgIpc) is 2.90. The molecule has 0 saturated heterocycles. The van der Waals surface area contributed by atoms with Crippen LogP contribution in [0.1, 0.15) is 161 Å². The molecule has 0 radical (unpaired) electrons. The fourth-order valence-electron chi connectivity index (χ4n) is 4.96. The zero-order valence-electron chi connectivity index (χ0n) is 24.4. The summed E-state index contributed by atoms with van der Waals surface area (Å²) >= 11 is 0. The molecule has 0 aliphatic rings. The summed E-state index contributed by atoms with van der Waals surface area (Å²) in [6.07, 6.45) is 30.4. The highest BCUT2D eigenvalue weighted by atomic mass is 32.2. The van der Waals surface area contributed by atoms with Gasteiger partial charge in [0.15, 0.2) is 0 Å². The number of benzene rings is 1. The lowest BCUT2D eigenvalue weighted by Gasteiger charge is -2.11. The maximum absolute atomic E-state index is 12.8. The van der Waals surface area contributed by atoms with Crippen LogP contribution in [-0.4, -0.2) is 14.6 Å². The molecule has 0 bridgehead atoms. The van der Waals surface area contributed by atoms with Crippen LogP contribution in [0.2, 0.25) is 0 Å². The first kappa shape index (κ1) is 34.6. The van der Waals surface area contributed by atoms with Crippen molar-refractivity contribution in [3.8, 4) is 0 Å². The zero-order valence-corrected chi connectivity index (χ0v) is 26.2. The number of hydrogen-bond donors (Lipinski definition) is 0. The Morgan fingerprint density at radius 2 is 0.973 bits per heavy atom. The molecule has 1 unspecified atom stereocenters. The van der Waals surface area contributed by atoms with Gasteiger partial charge in [-0.2, -0.15) is 8.42 Å². The number of aryl methyl sites for hydroxylation is 1. The van der Waals surface area contributed by atoms with E-state index in [4.69, 9.17) is 3.97 Å². The number of hydrogen-bond acceptors (Lipinski definition) is 3. The summed E-state index contributed by atoms with van der Waals surface area (Å²) in [5.74, 6) is 0. The van der Waals surface area contributed by atoms with Gasteiger partial charge < -0.3 is 0 Å². The maximum Gasteiger partial charge on any atom is 0.300 e. The topological polar surface area (TPSA) is 43.4 Å². The molecule has 1 rings (SSSR count). The van der Waals surface area contributed by atoms with Crippen LogP contribution >= 0.6 is 8.81 Å². The van der Waals surface area contributed by atoms with Crippen molar-refractivity contribution >= 4 is 18.9 Å². The predicted octanol–water partition coefficient (Wildman–Crippen LogP) is 11.1. The SMILES string of the molecule is CCCCCCCCCCCCCCPOS(=O)(=O)c1ccccc1CCCCCCCCCCCC. The highest BCUT2D eigenvalue weighted by Gasteiger charge is 2.18. The molecule has 37 heavy (non-hydrogen) atoms. The van der Waals surface area contributed by atoms with Crippen LogP contribution in [0, 0.1) is 0 Å². The first-order valence-corrected chi connectivity index (χ1v) is 18.4. The van der Waals surface area contributed by atoms with E-state index in [-0.39, 0.29) is 8.81 Å². The molecule has 0 aliphatic heterocycles. The molecular weight excluding hydrogens is 495 g/mol. The predicted molar refractivity (Wildman–Crippen MR) is 165 cm³/mol. The van der Waals surface area contributed by atoms with Gasteiger partial charge in [0.05, 0.1) is 4.90 Å². The molecule has 1 atom stereocenters. The Bertz CT molecular complexity index is 735. The van der Waals surface area contributed by atoms with Gasteiger partial charge in [0, 0.05) is 8.81 Å². The van der Waals surface area contributed by atoms with Crippen LogP contribution < -0.4 is 0 Å². The van der Waals surface area contributed by atoms with Crippen molar-refractivity contribution in [2.45, 2.75) is 166 Å². The van der Waals surface area contributed by atoms with Crippen molar-refractivity contribution in [3.63, 3.8) is 0 Å². The van der Waals surface area contributed by atoms with Gasteiger partial charge in [0.25, 0.3) is 10.1 Å². The third-order valence-electron chi connectivity index (χ3n) is 7.34. The van der Waals surface area contributed by atoms with E-state index in [1.165, 1.54) is 128 Å². The van der Waals surface area contributed by atoms with E-state index in [2.05, 4.69) is 13.8 Å². The molecule has 0 spiro atoms. The Kier molecular flexibility index (Phi) is 23.0. The van der Waals surface area contributed by atoms with Crippen molar-refractivity contribution in [3.05, 3.63) is 29.8 Å². The minimum absolute atomic E-state index is 0.0306. The molecule has 1 aromatic rings. The first-order valence-electron chi connectivity index (χ1n) is 15.9. The molecule has 3 nitrogen and oxygen atoms in total. The van der Waals surface area contributed by atoms with E-state index in [1.54, 1.807) is 6.07 Å². The Morgan fingerprint density at radius 1 is 0.568 bits per heavy atom. The molecular formula is C32H59O3PS. The van der Waals surface area contributed by atoms with Crippen LogP contribution in [-0.2, 0) is 20.5 Å². The van der Waals surface area contributed by atoms with Gasteiger partial charge in [0.2, 0.25) is 0 Å². The second-order valence-electron chi connectivity index (χ2n) is 10.9. The van der Waals surface area contributed by atoms with Gasteiger partial charge in [-0.1, -0.05) is 160 Å². The second kappa shape index (κ2) is 24.6. The molecule has 216 valence electrons. The summed E-state index contributed by atoms with van der Waals surface area (Å²) in [5.41, 5.74) is 0.914. The van der Waals surface area contributed by atoms with Crippen molar-refractivity contribution in [2.75, 3.05) is 6.16 Å². The van der Waals surface area contributed by atoms with Gasteiger partial charge in [0.1, 0.15) is 0 Å². The van der Waals surface area contributed by atoms with Gasteiger partial charge in [-0.15, -0.1) is 0 Å². The van der Waals surface area contributed by atoms with Gasteiger partial charge >= 0.3 is 0 Å². The van der Waals surface area contributed by atoms with Crippen LogP contribution in [0.25, 0.3) is 0 Å². The monoisotopic (exact) mass is 554 g/mol. The number of rotatable bonds is 27. The molecule has 5 heteroatoms. The highest BCUT2D eigenvalue weighted by molar-refractivity contribution is 7.89. The summed E-state index contributed by atoms with van der Waals surface area (Å²) in [6.45, 7) is 4.53. The largest absolute Gasteiger partial charge is 0.300 e. The van der Waals surface area contributed by atoms with Crippen LogP contribution in [0.15, 0.2) is 29.2 Å². The molecule has 0 saturated carbocycles. The molecule has 0 N–H and O–H groups in total. The quantitative estimate of drug-likeness (QED) is 0.0802. The first-order chi connectivity index (χ1) is 18.1. The van der Waals surface area contributed by atoms with E-state index in [0.717, 1.165) is 31.0 Å². The average molecular weight is 555 g/mol. The van der Waals surface area contributed by atoms with E-state index in [1.807, 2.05) is 18.2 Å². The van der Waals surface area contributed by atoms with E-state index >= 15 is 0 Å². The van der Waals surface area contributed by atoms with Crippen molar-refractivity contribution in [1.82, 2.24) is 0 Å². The van der Waals surface area contributed by atoms with Crippen molar-refractivity contribution in [2.24, 2.45) is 0 Å². The van der Waals surface area contributed by atoms with E-state index < -0.39 is 10.1 Å². The number of unbranched alkanes of at least 4 members (excludes halogenated alkanes) is 20. The molecule has 0 aromatic heterocycles. The lowest BCUT2D eigenvalue weighted by atomic mass is 10.0. The normalized spacial score (nSPS) is 12.2. The minimum Gasteiger partial charge on any atom is -0.247 e. The molecule has 1 aromatic carbocycles. The van der Waals surface area contributed by atoms with Gasteiger partial charge in [-0.05, 0) is 37.1 Å². The fourth-order valence-corrected chi connectivity index (χ4v) is 7.40. The molecule has 0 aliphatic carbocycles. The maximum atomic E-state index is 12.8. The standard InChI is InChI=1S/C32H59O3PS/c1-3-5-7-9-11-13-15-16-18-20-22-26-30-36-35-37(33,34)32-29-25-24-28-31(32)27-23-21-19-17-14-12-10-8-6-4-2/h24-25,28-29,36H,3-23,26-27,30H2,1-2H3. The smallest absolute Gasteiger partial charge is 0.247 e. The zero-order chi connectivity index (χ0) is 26.9. The van der Waals surface area contributed by atoms with Gasteiger partial charge in [-0.25, -0.2) is 3.97 Å². The Labute approximate surface area is 233 Å². The Hall–Kier alpha value is -0.440. The Balaban J connectivity index is 2.12. The van der Waals surface area contributed by atoms with Crippen LogP contribution in [0.5, 0.6) is 0 Å². The summed E-state index contributed by atoms with van der Waals surface area (Å²) in [4.78, 5) is 0.383. The van der Waals surface area contributed by atoms with Crippen molar-refractivity contribution < 1.29 is 12.4 Å². The summed E-state index contributed by atoms with van der Waals surface area (Å²) < 4.78 is 31.1. The molecule has 0 heterocycles. The van der Waals surface area contributed by atoms with Crippen LogP contribution in [0.3, 0.4) is 0 Å². The fraction of sp³-hybridized carbons (Fsp3) is 0.812. The lowest BCUT2D eigenvalue weighted by molar-refractivity contribution is 0.510. The molecule has 0 amide bonds. The summed E-state index contributed by atoms with van der Waals surface area (Å²) in [5, 5.41) is 0. The van der Waals surface area contributed by atoms with E-state index in [0.29, 0.717) is 4.90 Å². The lowest BCUT2D eigenvalue weighted by Crippen LogP contribution is -2.05. The highest BCUT2D eigenvalue weighted by Crippen LogP contribution is 2.27. The van der Waals surface area contributed by atoms with E-state index in [9.17, 15) is 8.42 Å². The Morgan fingerprint density at radius 3 is 1.46 bits per heavy atom.